The number of benzene rings is 4. The van der Waals surface area contributed by atoms with Gasteiger partial charge in [-0.05, 0) is 96.8 Å². The third kappa shape index (κ3) is 9.16. The molecular weight excluding hydrogens is 1000 g/mol. The number of β-amino-alcohol motifs (C(OH)–C–C–N with tert-alkyl or cyclic N) is 2. The number of carbonyl (C=O) groups is 2. The molecule has 8 heterocycles. The van der Waals surface area contributed by atoms with Crippen molar-refractivity contribution in [2.75, 3.05) is 109 Å². The fourth-order valence-corrected chi connectivity index (χ4v) is 13.3. The molecule has 0 aliphatic carbocycles. The van der Waals surface area contributed by atoms with Crippen molar-refractivity contribution in [3.05, 3.63) is 108 Å². The number of carbonyl (C=O) groups excluding carboxylic acids is 2. The predicted molar refractivity (Wildman–Crippen MR) is 285 cm³/mol. The van der Waals surface area contributed by atoms with Gasteiger partial charge in [-0.15, -0.1) is 0 Å². The summed E-state index contributed by atoms with van der Waals surface area (Å²) < 4.78 is 49.0. The molecule has 410 valence electrons. The Labute approximate surface area is 450 Å². The molecule has 8 atom stereocenters. The Morgan fingerprint density at radius 3 is 1.73 bits per heavy atom. The number of aliphatic hydroxyl groups excluding tert-OH is 4. The lowest BCUT2D eigenvalue weighted by atomic mass is 9.61. The Morgan fingerprint density at radius 2 is 1.14 bits per heavy atom. The molecule has 0 radical (unpaired) electrons. The van der Waals surface area contributed by atoms with Crippen molar-refractivity contribution in [3.8, 4) is 34.5 Å². The van der Waals surface area contributed by atoms with Crippen LogP contribution < -0.4 is 38.2 Å². The molecule has 2 amide bonds. The molecule has 4 aromatic carbocycles. The number of ether oxygens (including phenoxy) is 8. The van der Waals surface area contributed by atoms with Crippen LogP contribution in [0.2, 0.25) is 0 Å². The molecule has 2 spiro atoms. The van der Waals surface area contributed by atoms with Crippen LogP contribution in [0.1, 0.15) is 42.6 Å². The van der Waals surface area contributed by atoms with Crippen molar-refractivity contribution < 1.29 is 67.9 Å². The van der Waals surface area contributed by atoms with Gasteiger partial charge in [-0.1, -0.05) is 0 Å². The zero-order chi connectivity index (χ0) is 53.7. The van der Waals surface area contributed by atoms with Crippen LogP contribution in [0.25, 0.3) is 21.8 Å². The molecule has 20 nitrogen and oxygen atoms in total. The van der Waals surface area contributed by atoms with Gasteiger partial charge in [0.2, 0.25) is 0 Å². The normalized spacial score (nSPS) is 25.9. The van der Waals surface area contributed by atoms with Gasteiger partial charge in [-0.25, -0.2) is 9.59 Å². The molecule has 12 rings (SSSR count). The highest BCUT2D eigenvalue weighted by Crippen LogP contribution is 2.56. The minimum absolute atomic E-state index is 0.0232. The second-order valence-corrected chi connectivity index (χ2v) is 21.1. The summed E-state index contributed by atoms with van der Waals surface area (Å²) in [5, 5.41) is 48.1. The maximum atomic E-state index is 15.4. The Kier molecular flexibility index (Phi) is 14.0. The molecule has 0 bridgehead atoms. The molecule has 6 aliphatic heterocycles. The van der Waals surface area contributed by atoms with E-state index in [1.165, 1.54) is 0 Å². The van der Waals surface area contributed by atoms with Gasteiger partial charge in [0.15, 0.2) is 23.0 Å². The molecule has 4 fully saturated rings. The second-order valence-electron chi connectivity index (χ2n) is 21.1. The van der Waals surface area contributed by atoms with Gasteiger partial charge in [0.25, 0.3) is 0 Å². The number of aromatic nitrogens is 2. The number of aliphatic hydroxyl groups is 4. The van der Waals surface area contributed by atoms with E-state index in [0.717, 1.165) is 10.8 Å². The highest BCUT2D eigenvalue weighted by Gasteiger charge is 2.70. The van der Waals surface area contributed by atoms with Gasteiger partial charge in [0.05, 0.1) is 61.4 Å². The Hall–Kier alpha value is -7.20. The first-order chi connectivity index (χ1) is 38.0. The van der Waals surface area contributed by atoms with E-state index in [0.29, 0.717) is 114 Å². The molecule has 4 unspecified atom stereocenters. The maximum Gasteiger partial charge on any atom is 0.415 e. The smallest absolute Gasteiger partial charge is 0.415 e. The quantitative estimate of drug-likeness (QED) is 0.0938. The number of pyridine rings is 2. The third-order valence-corrected chi connectivity index (χ3v) is 16.9. The van der Waals surface area contributed by atoms with Crippen LogP contribution in [0.4, 0.5) is 21.0 Å². The average Bonchev–Trinajstić information content (AvgIpc) is 4.20. The summed E-state index contributed by atoms with van der Waals surface area (Å²) in [6, 6.07) is 24.4. The van der Waals surface area contributed by atoms with Crippen LogP contribution in [0, 0.1) is 17.8 Å². The van der Waals surface area contributed by atoms with Crippen LogP contribution >= 0.6 is 0 Å². The van der Waals surface area contributed by atoms with Gasteiger partial charge in [-0.3, -0.25) is 29.6 Å². The summed E-state index contributed by atoms with van der Waals surface area (Å²) in [5.74, 6) is 1.36. The number of hydrogen-bond acceptors (Lipinski definition) is 18. The monoisotopic (exact) mass is 1070 g/mol. The third-order valence-electron chi connectivity index (χ3n) is 16.9. The number of hydrogen-bond donors (Lipinski definition) is 4. The molecule has 4 saturated heterocycles. The molecule has 20 heteroatoms. The van der Waals surface area contributed by atoms with Gasteiger partial charge in [-0.2, -0.15) is 0 Å². The van der Waals surface area contributed by atoms with Crippen LogP contribution in [-0.4, -0.2) is 169 Å². The lowest BCUT2D eigenvalue weighted by molar-refractivity contribution is -0.147. The van der Waals surface area contributed by atoms with Crippen LogP contribution in [0.5, 0.6) is 34.5 Å². The summed E-state index contributed by atoms with van der Waals surface area (Å²) in [5.41, 5.74) is 0.938. The molecular formula is C58H64N6O14. The maximum absolute atomic E-state index is 15.4. The first kappa shape index (κ1) is 51.6. The summed E-state index contributed by atoms with van der Waals surface area (Å²) in [7, 11) is 3.18. The van der Waals surface area contributed by atoms with Crippen LogP contribution in [0.15, 0.2) is 97.3 Å². The number of methoxy groups -OCH3 is 2. The van der Waals surface area contributed by atoms with Crippen molar-refractivity contribution in [2.45, 2.75) is 48.7 Å². The van der Waals surface area contributed by atoms with Crippen molar-refractivity contribution in [1.29, 1.82) is 0 Å². The van der Waals surface area contributed by atoms with E-state index >= 15 is 4.79 Å². The summed E-state index contributed by atoms with van der Waals surface area (Å²) in [4.78, 5) is 46.9. The number of likely N-dealkylation sites (tertiary alicyclic amines) is 2. The molecule has 6 aromatic rings. The van der Waals surface area contributed by atoms with E-state index in [2.05, 4.69) is 19.8 Å². The average molecular weight is 1070 g/mol. The lowest BCUT2D eigenvalue weighted by Crippen LogP contribution is -2.71. The minimum atomic E-state index is -1.40. The molecule has 6 aliphatic rings. The first-order valence-corrected chi connectivity index (χ1v) is 26.7. The Bertz CT molecular complexity index is 3220. The van der Waals surface area contributed by atoms with Gasteiger partial charge >= 0.3 is 12.2 Å². The van der Waals surface area contributed by atoms with E-state index in [9.17, 15) is 25.2 Å². The first-order valence-electron chi connectivity index (χ1n) is 26.7. The fourth-order valence-electron chi connectivity index (χ4n) is 13.3. The highest BCUT2D eigenvalue weighted by atomic mass is 16.6. The van der Waals surface area contributed by atoms with Gasteiger partial charge in [0, 0.05) is 112 Å². The van der Waals surface area contributed by atoms with Crippen LogP contribution in [-0.2, 0) is 9.47 Å². The van der Waals surface area contributed by atoms with E-state index < -0.39 is 59.4 Å². The number of anilines is 2. The van der Waals surface area contributed by atoms with Crippen molar-refractivity contribution in [2.24, 2.45) is 17.8 Å². The second kappa shape index (κ2) is 21.2. The largest absolute Gasteiger partial charge is 0.497 e. The Morgan fingerprint density at radius 1 is 0.615 bits per heavy atom. The van der Waals surface area contributed by atoms with E-state index in [4.69, 9.17) is 37.9 Å². The van der Waals surface area contributed by atoms with Crippen molar-refractivity contribution in [1.82, 2.24) is 19.8 Å². The summed E-state index contributed by atoms with van der Waals surface area (Å²) in [6.45, 7) is 2.40. The lowest BCUT2D eigenvalue weighted by Gasteiger charge is -2.56. The van der Waals surface area contributed by atoms with E-state index in [1.807, 2.05) is 42.5 Å². The molecule has 4 N–H and O–H groups in total. The van der Waals surface area contributed by atoms with Gasteiger partial charge in [0.1, 0.15) is 49.1 Å². The number of amides is 2. The van der Waals surface area contributed by atoms with E-state index in [1.54, 1.807) is 78.9 Å². The number of fused-ring (bicyclic) bond motifs is 4. The van der Waals surface area contributed by atoms with Crippen molar-refractivity contribution in [3.63, 3.8) is 0 Å². The highest BCUT2D eigenvalue weighted by molar-refractivity contribution is 5.94. The number of piperidine rings is 2. The van der Waals surface area contributed by atoms with E-state index in [-0.39, 0.29) is 58.7 Å². The standard InChI is InChI=1S/C58H64N6O14/c1-71-39-5-7-46-43(27-39)41(11-16-59-46)48(67)32-61-18-15-57(35(29-61)13-19-65)54(64(56(70)78-57)38-4-10-51-53(26-38)76-24-22-74-51)45-31-62(33-49(68)42-12-17-60-47-8-6-40(72-2)28-44(42)47)30-36(14-20-66)58(45)34-63(55(69)77-58)37-3-9-50-52(25-37)75-23-21-73-50/h3-12,16-17,25-28,35-36,45,48-49,54,65-68H,13-15,18-24,29-34H2,1-2H3/t35-,36?,45?,48+,49-,54?,57+,58?/m0/s1. The van der Waals surface area contributed by atoms with Crippen LogP contribution in [0.3, 0.4) is 0 Å². The molecule has 78 heavy (non-hydrogen) atoms. The zero-order valence-corrected chi connectivity index (χ0v) is 43.6. The summed E-state index contributed by atoms with van der Waals surface area (Å²) in [6.07, 6.45) is 0.755. The summed E-state index contributed by atoms with van der Waals surface area (Å²) >= 11 is 0. The number of rotatable bonds is 15. The zero-order valence-electron chi connectivity index (χ0n) is 43.6. The van der Waals surface area contributed by atoms with Crippen molar-refractivity contribution >= 4 is 45.4 Å². The minimum Gasteiger partial charge on any atom is -0.497 e. The van der Waals surface area contributed by atoms with Gasteiger partial charge < -0.3 is 58.3 Å². The Balaban J connectivity index is 0.976. The fraction of sp³-hybridized carbons (Fsp3) is 0.448. The number of nitrogens with zero attached hydrogens (tertiary/aromatic N) is 6. The topological polar surface area (TPSA) is 228 Å². The molecule has 0 saturated carbocycles. The SMILES string of the molecule is COc1ccc2nccc([C@H](O)CN3CC[C@@]4(OC(=O)N(c5ccc6c(c5)OCCO6)C4C4CN(C[C@H](O)c5ccnc6ccc(OC)cc56)CC(CCO)C45CN(c4ccc6c(c4)OCCO6)C(=O)O5)[C@@H](CCO)C3)c2c1. The predicted octanol–water partition coefficient (Wildman–Crippen LogP) is 5.90. The molecule has 2 aromatic heterocycles.